The van der Waals surface area contributed by atoms with E-state index in [9.17, 15) is 9.59 Å². The van der Waals surface area contributed by atoms with E-state index in [0.717, 1.165) is 22.1 Å². The smallest absolute Gasteiger partial charge is 0.319 e. The van der Waals surface area contributed by atoms with Gasteiger partial charge in [0, 0.05) is 16.7 Å². The van der Waals surface area contributed by atoms with Crippen molar-refractivity contribution >= 4 is 33.6 Å². The van der Waals surface area contributed by atoms with Crippen LogP contribution in [0.25, 0.3) is 0 Å². The molecule has 0 aliphatic rings. The molecule has 0 radical (unpaired) electrons. The predicted molar refractivity (Wildman–Crippen MR) is 79.2 cm³/mol. The van der Waals surface area contributed by atoms with Gasteiger partial charge in [-0.2, -0.15) is 0 Å². The molecule has 0 aromatic heterocycles. The molecular weight excluding hydrogens is 310 g/mol. The van der Waals surface area contributed by atoms with Gasteiger partial charge in [0.05, 0.1) is 6.54 Å². The maximum atomic E-state index is 11.6. The predicted octanol–water partition coefficient (Wildman–Crippen LogP) is 2.41. The molecule has 104 valence electrons. The monoisotopic (exact) mass is 327 g/mol. The Morgan fingerprint density at radius 1 is 1.26 bits per heavy atom. The van der Waals surface area contributed by atoms with E-state index in [-0.39, 0.29) is 12.5 Å². The number of amides is 3. The summed E-state index contributed by atoms with van der Waals surface area (Å²) >= 11 is 3.36. The fourth-order valence-electron chi connectivity index (χ4n) is 1.42. The number of anilines is 1. The van der Waals surface area contributed by atoms with Crippen LogP contribution in [0.5, 0.6) is 0 Å². The van der Waals surface area contributed by atoms with Crippen LogP contribution >= 0.6 is 15.9 Å². The minimum absolute atomic E-state index is 0.0264. The Kier molecular flexibility index (Phi) is 6.35. The zero-order chi connectivity index (χ0) is 14.3. The standard InChI is InChI=1S/C13H18BrN3O2/c1-3-6-15-12(18)8-16-13(19)17-11-5-4-10(14)7-9(11)2/h4-5,7H,3,6,8H2,1-2H3,(H,15,18)(H2,16,17,19). The molecule has 1 aromatic rings. The summed E-state index contributed by atoms with van der Waals surface area (Å²) in [5, 5.41) is 7.89. The first-order chi connectivity index (χ1) is 9.02. The van der Waals surface area contributed by atoms with Crippen LogP contribution in [0.2, 0.25) is 0 Å². The molecule has 0 aliphatic heterocycles. The number of carbonyl (C=O) groups is 2. The maximum absolute atomic E-state index is 11.6. The molecule has 0 bridgehead atoms. The van der Waals surface area contributed by atoms with Crippen molar-refractivity contribution in [1.82, 2.24) is 10.6 Å². The van der Waals surface area contributed by atoms with E-state index >= 15 is 0 Å². The van der Waals surface area contributed by atoms with Crippen LogP contribution in [0.15, 0.2) is 22.7 Å². The molecule has 0 fully saturated rings. The van der Waals surface area contributed by atoms with Crippen LogP contribution in [0, 0.1) is 6.92 Å². The van der Waals surface area contributed by atoms with E-state index in [1.807, 2.05) is 26.0 Å². The Balaban J connectivity index is 2.41. The first-order valence-electron chi connectivity index (χ1n) is 6.10. The quantitative estimate of drug-likeness (QED) is 0.777. The summed E-state index contributed by atoms with van der Waals surface area (Å²) in [6.45, 7) is 4.46. The topological polar surface area (TPSA) is 70.2 Å². The van der Waals surface area contributed by atoms with Gasteiger partial charge in [0.15, 0.2) is 0 Å². The number of halogens is 1. The molecule has 0 atom stereocenters. The van der Waals surface area contributed by atoms with Crippen molar-refractivity contribution < 1.29 is 9.59 Å². The third kappa shape index (κ3) is 5.74. The Hall–Kier alpha value is -1.56. The third-order valence-corrected chi connectivity index (χ3v) is 2.91. The molecule has 1 aromatic carbocycles. The number of hydrogen-bond donors (Lipinski definition) is 3. The second-order valence-electron chi connectivity index (χ2n) is 4.12. The molecule has 0 spiro atoms. The largest absolute Gasteiger partial charge is 0.355 e. The highest BCUT2D eigenvalue weighted by Gasteiger charge is 2.06. The lowest BCUT2D eigenvalue weighted by Gasteiger charge is -2.10. The summed E-state index contributed by atoms with van der Waals surface area (Å²) in [7, 11) is 0. The Labute approximate surface area is 121 Å². The highest BCUT2D eigenvalue weighted by molar-refractivity contribution is 9.10. The van der Waals surface area contributed by atoms with E-state index < -0.39 is 6.03 Å². The lowest BCUT2D eigenvalue weighted by atomic mass is 10.2. The van der Waals surface area contributed by atoms with E-state index in [0.29, 0.717) is 6.54 Å². The first kappa shape index (κ1) is 15.5. The molecule has 6 heteroatoms. The van der Waals surface area contributed by atoms with Crippen LogP contribution in [0.3, 0.4) is 0 Å². The van der Waals surface area contributed by atoms with Crippen LogP contribution in [0.1, 0.15) is 18.9 Å². The number of aryl methyl sites for hydroxylation is 1. The molecule has 0 aliphatic carbocycles. The maximum Gasteiger partial charge on any atom is 0.319 e. The van der Waals surface area contributed by atoms with Crippen molar-refractivity contribution in [2.75, 3.05) is 18.4 Å². The number of urea groups is 1. The normalized spacial score (nSPS) is 9.84. The summed E-state index contributed by atoms with van der Waals surface area (Å²) in [4.78, 5) is 22.9. The van der Waals surface area contributed by atoms with Crippen LogP contribution in [0.4, 0.5) is 10.5 Å². The number of nitrogens with one attached hydrogen (secondary N) is 3. The number of carbonyl (C=O) groups excluding carboxylic acids is 2. The van der Waals surface area contributed by atoms with Gasteiger partial charge < -0.3 is 16.0 Å². The molecule has 0 saturated carbocycles. The highest BCUT2D eigenvalue weighted by Crippen LogP contribution is 2.19. The summed E-state index contributed by atoms with van der Waals surface area (Å²) in [5.74, 6) is -0.190. The fraction of sp³-hybridized carbons (Fsp3) is 0.385. The summed E-state index contributed by atoms with van der Waals surface area (Å²) in [6.07, 6.45) is 0.871. The zero-order valence-corrected chi connectivity index (χ0v) is 12.6. The fourth-order valence-corrected chi connectivity index (χ4v) is 1.90. The lowest BCUT2D eigenvalue weighted by molar-refractivity contribution is -0.120. The van der Waals surface area contributed by atoms with Gasteiger partial charge in [0.25, 0.3) is 0 Å². The molecule has 0 heterocycles. The minimum atomic E-state index is -0.392. The van der Waals surface area contributed by atoms with Gasteiger partial charge in [-0.15, -0.1) is 0 Å². The van der Waals surface area contributed by atoms with Gasteiger partial charge >= 0.3 is 6.03 Å². The van der Waals surface area contributed by atoms with E-state index in [1.54, 1.807) is 6.07 Å². The average molecular weight is 328 g/mol. The van der Waals surface area contributed by atoms with Gasteiger partial charge in [-0.25, -0.2) is 4.79 Å². The Bertz CT molecular complexity index is 463. The average Bonchev–Trinajstić information content (AvgIpc) is 2.37. The van der Waals surface area contributed by atoms with Crippen molar-refractivity contribution in [3.05, 3.63) is 28.2 Å². The van der Waals surface area contributed by atoms with E-state index in [1.165, 1.54) is 0 Å². The van der Waals surface area contributed by atoms with Gasteiger partial charge in [-0.3, -0.25) is 4.79 Å². The Morgan fingerprint density at radius 3 is 2.63 bits per heavy atom. The van der Waals surface area contributed by atoms with Gasteiger partial charge in [0.2, 0.25) is 5.91 Å². The molecule has 0 saturated heterocycles. The van der Waals surface area contributed by atoms with E-state index in [4.69, 9.17) is 0 Å². The van der Waals surface area contributed by atoms with Crippen molar-refractivity contribution in [2.45, 2.75) is 20.3 Å². The highest BCUT2D eigenvalue weighted by atomic mass is 79.9. The lowest BCUT2D eigenvalue weighted by Crippen LogP contribution is -2.39. The Morgan fingerprint density at radius 2 is 2.00 bits per heavy atom. The van der Waals surface area contributed by atoms with Gasteiger partial charge in [-0.1, -0.05) is 22.9 Å². The summed E-state index contributed by atoms with van der Waals surface area (Å²) in [5.41, 5.74) is 1.66. The van der Waals surface area contributed by atoms with Crippen LogP contribution in [-0.4, -0.2) is 25.0 Å². The van der Waals surface area contributed by atoms with E-state index in [2.05, 4.69) is 31.9 Å². The zero-order valence-electron chi connectivity index (χ0n) is 11.0. The molecule has 5 nitrogen and oxygen atoms in total. The molecule has 19 heavy (non-hydrogen) atoms. The van der Waals surface area contributed by atoms with Crippen LogP contribution in [-0.2, 0) is 4.79 Å². The van der Waals surface area contributed by atoms with Gasteiger partial charge in [0.1, 0.15) is 0 Å². The van der Waals surface area contributed by atoms with Gasteiger partial charge in [-0.05, 0) is 37.1 Å². The van der Waals surface area contributed by atoms with Crippen molar-refractivity contribution in [3.63, 3.8) is 0 Å². The number of rotatable bonds is 5. The second kappa shape index (κ2) is 7.78. The van der Waals surface area contributed by atoms with Crippen LogP contribution < -0.4 is 16.0 Å². The van der Waals surface area contributed by atoms with Crippen molar-refractivity contribution in [3.8, 4) is 0 Å². The third-order valence-electron chi connectivity index (χ3n) is 2.42. The number of hydrogen-bond acceptors (Lipinski definition) is 2. The number of benzene rings is 1. The molecular formula is C13H18BrN3O2. The molecule has 3 amide bonds. The summed E-state index contributed by atoms with van der Waals surface area (Å²) in [6, 6.07) is 5.16. The van der Waals surface area contributed by atoms with Crippen molar-refractivity contribution in [2.24, 2.45) is 0 Å². The first-order valence-corrected chi connectivity index (χ1v) is 6.90. The summed E-state index contributed by atoms with van der Waals surface area (Å²) < 4.78 is 0.954. The molecule has 3 N–H and O–H groups in total. The second-order valence-corrected chi connectivity index (χ2v) is 5.03. The minimum Gasteiger partial charge on any atom is -0.355 e. The molecule has 0 unspecified atom stereocenters. The SMILES string of the molecule is CCCNC(=O)CNC(=O)Nc1ccc(Br)cc1C. The molecule has 1 rings (SSSR count). The van der Waals surface area contributed by atoms with Crippen molar-refractivity contribution in [1.29, 1.82) is 0 Å².